The molecular weight excluding hydrogens is 382 g/mol. The number of carbonyl (C=O) groups is 1. The summed E-state index contributed by atoms with van der Waals surface area (Å²) in [5.74, 6) is -0.345. The van der Waals surface area contributed by atoms with Crippen molar-refractivity contribution in [2.45, 2.75) is 58.4 Å². The Labute approximate surface area is 185 Å². The zero-order chi connectivity index (χ0) is 22.3. The number of carboxylic acid groups (broad SMARTS) is 1. The highest BCUT2D eigenvalue weighted by Gasteiger charge is 2.35. The van der Waals surface area contributed by atoms with Gasteiger partial charge in [-0.1, -0.05) is 77.1 Å². The quantitative estimate of drug-likeness (QED) is 0.504. The van der Waals surface area contributed by atoms with E-state index in [2.05, 4.69) is 89.2 Å². The van der Waals surface area contributed by atoms with Crippen LogP contribution in [0.3, 0.4) is 0 Å². The van der Waals surface area contributed by atoms with Gasteiger partial charge in [0, 0.05) is 17.8 Å². The minimum atomic E-state index is -0.791. The van der Waals surface area contributed by atoms with E-state index in [0.717, 1.165) is 28.1 Å². The fourth-order valence-electron chi connectivity index (χ4n) is 4.33. The Morgan fingerprint density at radius 2 is 1.55 bits per heavy atom. The van der Waals surface area contributed by atoms with Gasteiger partial charge in [0.05, 0.1) is 0 Å². The Kier molecular flexibility index (Phi) is 5.38. The molecular formula is C28H31NO2. The minimum Gasteiger partial charge on any atom is -0.480 e. The summed E-state index contributed by atoms with van der Waals surface area (Å²) in [5, 5.41) is 9.91. The molecule has 0 saturated carbocycles. The van der Waals surface area contributed by atoms with Crippen molar-refractivity contribution in [1.82, 2.24) is 0 Å². The standard InChI is InChI=1S/C28H31NO2/c1-18(2)19-8-13-24(14-9-19)29-25-15-10-21(16-22(25)17-26(29)27(30)31)20-6-11-23(12-7-20)28(3,4)5/h6-16,18,26H,17H2,1-5H3,(H,30,31). The smallest absolute Gasteiger partial charge is 0.327 e. The van der Waals surface area contributed by atoms with Gasteiger partial charge in [-0.15, -0.1) is 0 Å². The third-order valence-corrected chi connectivity index (χ3v) is 6.27. The van der Waals surface area contributed by atoms with E-state index in [1.807, 2.05) is 17.0 Å². The fraction of sp³-hybridized carbons (Fsp3) is 0.321. The van der Waals surface area contributed by atoms with E-state index >= 15 is 0 Å². The lowest BCUT2D eigenvalue weighted by Crippen LogP contribution is -2.35. The van der Waals surface area contributed by atoms with E-state index in [4.69, 9.17) is 0 Å². The molecule has 1 unspecified atom stereocenters. The molecule has 0 aliphatic carbocycles. The number of hydrogen-bond acceptors (Lipinski definition) is 2. The molecule has 0 aromatic heterocycles. The highest BCUT2D eigenvalue weighted by atomic mass is 16.4. The number of benzene rings is 3. The van der Waals surface area contributed by atoms with Crippen LogP contribution in [0.4, 0.5) is 11.4 Å². The van der Waals surface area contributed by atoms with Crippen LogP contribution in [-0.2, 0) is 16.6 Å². The Bertz CT molecular complexity index is 1090. The summed E-state index contributed by atoms with van der Waals surface area (Å²) < 4.78 is 0. The molecule has 1 heterocycles. The SMILES string of the molecule is CC(C)c1ccc(N2c3ccc(-c4ccc(C(C)(C)C)cc4)cc3CC2C(=O)O)cc1. The first-order valence-corrected chi connectivity index (χ1v) is 11.0. The molecule has 3 aromatic rings. The minimum absolute atomic E-state index is 0.122. The maximum absolute atomic E-state index is 12.1. The molecule has 1 atom stereocenters. The molecule has 3 nitrogen and oxygen atoms in total. The average Bonchev–Trinajstić information content (AvgIpc) is 3.12. The maximum atomic E-state index is 12.1. The Morgan fingerprint density at radius 3 is 2.10 bits per heavy atom. The van der Waals surface area contributed by atoms with Gasteiger partial charge in [-0.25, -0.2) is 4.79 Å². The molecule has 1 N–H and O–H groups in total. The van der Waals surface area contributed by atoms with Gasteiger partial charge in [0.1, 0.15) is 6.04 Å². The van der Waals surface area contributed by atoms with Gasteiger partial charge in [0.25, 0.3) is 0 Å². The molecule has 160 valence electrons. The zero-order valence-corrected chi connectivity index (χ0v) is 19.0. The van der Waals surface area contributed by atoms with Gasteiger partial charge >= 0.3 is 5.97 Å². The number of aliphatic carboxylic acids is 1. The van der Waals surface area contributed by atoms with Crippen LogP contribution >= 0.6 is 0 Å². The molecule has 0 bridgehead atoms. The molecule has 3 aromatic carbocycles. The lowest BCUT2D eigenvalue weighted by molar-refractivity contribution is -0.138. The monoisotopic (exact) mass is 413 g/mol. The lowest BCUT2D eigenvalue weighted by Gasteiger charge is -2.25. The second-order valence-corrected chi connectivity index (χ2v) is 9.85. The van der Waals surface area contributed by atoms with Crippen molar-refractivity contribution in [3.05, 3.63) is 83.4 Å². The first-order valence-electron chi connectivity index (χ1n) is 11.0. The van der Waals surface area contributed by atoms with E-state index in [0.29, 0.717) is 12.3 Å². The van der Waals surface area contributed by atoms with Gasteiger partial charge in [-0.05, 0) is 63.4 Å². The van der Waals surface area contributed by atoms with E-state index in [9.17, 15) is 9.90 Å². The van der Waals surface area contributed by atoms with Crippen LogP contribution in [0.5, 0.6) is 0 Å². The van der Waals surface area contributed by atoms with Crippen LogP contribution in [0.15, 0.2) is 66.7 Å². The van der Waals surface area contributed by atoms with Gasteiger partial charge in [0.15, 0.2) is 0 Å². The largest absolute Gasteiger partial charge is 0.480 e. The molecule has 0 spiro atoms. The van der Waals surface area contributed by atoms with Crippen molar-refractivity contribution in [1.29, 1.82) is 0 Å². The van der Waals surface area contributed by atoms with Crippen molar-refractivity contribution < 1.29 is 9.90 Å². The van der Waals surface area contributed by atoms with Crippen LogP contribution in [0, 0.1) is 0 Å². The molecule has 31 heavy (non-hydrogen) atoms. The molecule has 3 heteroatoms. The third kappa shape index (κ3) is 4.10. The molecule has 1 aliphatic heterocycles. The summed E-state index contributed by atoms with van der Waals surface area (Å²) in [4.78, 5) is 14.0. The van der Waals surface area contributed by atoms with Crippen molar-refractivity contribution in [2.75, 3.05) is 4.90 Å². The third-order valence-electron chi connectivity index (χ3n) is 6.27. The van der Waals surface area contributed by atoms with Crippen LogP contribution < -0.4 is 4.90 Å². The zero-order valence-electron chi connectivity index (χ0n) is 19.0. The van der Waals surface area contributed by atoms with E-state index in [-0.39, 0.29) is 5.41 Å². The molecule has 0 saturated heterocycles. The number of rotatable bonds is 4. The Balaban J connectivity index is 1.69. The van der Waals surface area contributed by atoms with Crippen molar-refractivity contribution in [3.8, 4) is 11.1 Å². The molecule has 0 amide bonds. The van der Waals surface area contributed by atoms with Crippen LogP contribution in [-0.4, -0.2) is 17.1 Å². The molecule has 0 radical (unpaired) electrons. The number of nitrogens with zero attached hydrogens (tertiary/aromatic N) is 1. The van der Waals surface area contributed by atoms with Crippen LogP contribution in [0.25, 0.3) is 11.1 Å². The van der Waals surface area contributed by atoms with Gasteiger partial charge in [-0.3, -0.25) is 0 Å². The van der Waals surface area contributed by atoms with Crippen LogP contribution in [0.2, 0.25) is 0 Å². The molecule has 4 rings (SSSR count). The molecule has 0 fully saturated rings. The first-order chi connectivity index (χ1) is 14.6. The summed E-state index contributed by atoms with van der Waals surface area (Å²) in [7, 11) is 0. The Morgan fingerprint density at radius 1 is 0.935 bits per heavy atom. The number of hydrogen-bond donors (Lipinski definition) is 1. The highest BCUT2D eigenvalue weighted by molar-refractivity contribution is 5.88. The van der Waals surface area contributed by atoms with E-state index < -0.39 is 12.0 Å². The summed E-state index contributed by atoms with van der Waals surface area (Å²) in [6.45, 7) is 11.0. The lowest BCUT2D eigenvalue weighted by atomic mass is 9.86. The predicted molar refractivity (Wildman–Crippen MR) is 128 cm³/mol. The number of anilines is 2. The van der Waals surface area contributed by atoms with Crippen molar-refractivity contribution in [3.63, 3.8) is 0 Å². The summed E-state index contributed by atoms with van der Waals surface area (Å²) >= 11 is 0. The average molecular weight is 414 g/mol. The van der Waals surface area contributed by atoms with Crippen molar-refractivity contribution in [2.24, 2.45) is 0 Å². The predicted octanol–water partition coefficient (Wildman–Crippen LogP) is 6.92. The van der Waals surface area contributed by atoms with E-state index in [1.54, 1.807) is 0 Å². The normalized spacial score (nSPS) is 15.9. The second-order valence-electron chi connectivity index (χ2n) is 9.85. The van der Waals surface area contributed by atoms with Crippen molar-refractivity contribution >= 4 is 17.3 Å². The van der Waals surface area contributed by atoms with Gasteiger partial charge in [0.2, 0.25) is 0 Å². The summed E-state index contributed by atoms with van der Waals surface area (Å²) in [5.41, 5.74) is 7.96. The van der Waals surface area contributed by atoms with Crippen LogP contribution in [0.1, 0.15) is 57.2 Å². The van der Waals surface area contributed by atoms with Gasteiger partial charge < -0.3 is 10.0 Å². The number of fused-ring (bicyclic) bond motifs is 1. The molecule has 1 aliphatic rings. The Hall–Kier alpha value is -3.07. The first kappa shape index (κ1) is 21.2. The second kappa shape index (κ2) is 7.88. The maximum Gasteiger partial charge on any atom is 0.327 e. The highest BCUT2D eigenvalue weighted by Crippen LogP contribution is 2.41. The van der Waals surface area contributed by atoms with Gasteiger partial charge in [-0.2, -0.15) is 0 Å². The topological polar surface area (TPSA) is 40.5 Å². The summed E-state index contributed by atoms with van der Waals surface area (Å²) in [6.07, 6.45) is 0.504. The number of carboxylic acids is 1. The fourth-order valence-corrected chi connectivity index (χ4v) is 4.33. The summed E-state index contributed by atoms with van der Waals surface area (Å²) in [6, 6.07) is 22.7. The van der Waals surface area contributed by atoms with E-state index in [1.165, 1.54) is 11.1 Å².